The fourth-order valence-electron chi connectivity index (χ4n) is 14.5. The lowest BCUT2D eigenvalue weighted by Crippen LogP contribution is -2.53. The predicted octanol–water partition coefficient (Wildman–Crippen LogP) is 12.5. The first kappa shape index (κ1) is 109. The fraction of sp³-hybridized carbons (Fsp3) is 0.516. The lowest BCUT2D eigenvalue weighted by atomic mass is 10.1. The van der Waals surface area contributed by atoms with Crippen LogP contribution in [0.1, 0.15) is 175 Å². The van der Waals surface area contributed by atoms with E-state index in [4.69, 9.17) is 76.8 Å². The third kappa shape index (κ3) is 26.3. The number of benzene rings is 3. The minimum Gasteiger partial charge on any atom is -0.497 e. The molecule has 718 valence electrons. The van der Waals surface area contributed by atoms with E-state index in [9.17, 15) is 62.6 Å². The number of methoxy groups -OCH3 is 6. The SMILES string of the molecule is C.C.C.C=CC1CC1(N)C(=O)OCC.C=C[C@@H]1C[C@]1(NC(=O)[C@@H]1C[C@@H](Oc2cc(C(=O)OC)nc3cc(OC)ccc23)CN1C(=O)OC(C)(C)C)C(=O)OCC.C=C[C@H]1C[C@@]1(NC(=O)[C@@H]1C[C@@H](Oc2cc(C(=O)OC)nc3cc(OC)ccc23)CN1C(=O)OC(C)(C)C)C(=O)OCC.COC(=O)c1cc(O[C@@H]2C[C@@H](C(=O)O)N(C(=O)OC(C)(C)C)C2)c2ccc(OC)cc2n1.Cl. The van der Waals surface area contributed by atoms with Crippen molar-refractivity contribution in [2.24, 2.45) is 23.5 Å². The Balaban J connectivity index is 0.000000325. The van der Waals surface area contributed by atoms with Crippen molar-refractivity contribution >= 4 is 117 Å². The molecule has 3 aliphatic carbocycles. The number of carboxylic acid groups (broad SMARTS) is 1. The van der Waals surface area contributed by atoms with E-state index in [0.717, 1.165) is 4.90 Å². The molecule has 3 saturated carbocycles. The molecule has 3 aliphatic heterocycles. The highest BCUT2D eigenvalue weighted by Gasteiger charge is 2.64. The van der Waals surface area contributed by atoms with Gasteiger partial charge in [0.1, 0.15) is 104 Å². The number of esters is 6. The summed E-state index contributed by atoms with van der Waals surface area (Å²) < 4.78 is 80.8. The van der Waals surface area contributed by atoms with Crippen molar-refractivity contribution in [3.05, 3.63) is 128 Å². The van der Waals surface area contributed by atoms with Crippen LogP contribution < -0.4 is 44.8 Å². The number of hydrogen-bond acceptors (Lipinski definition) is 31. The molecule has 131 heavy (non-hydrogen) atoms. The Morgan fingerprint density at radius 2 is 0.725 bits per heavy atom. The van der Waals surface area contributed by atoms with Crippen molar-refractivity contribution < 1.29 is 134 Å². The van der Waals surface area contributed by atoms with E-state index < -0.39 is 136 Å². The Bertz CT molecular complexity index is 4990. The van der Waals surface area contributed by atoms with Crippen LogP contribution >= 0.6 is 12.4 Å². The molecular weight excluding hydrogens is 1730 g/mol. The quantitative estimate of drug-likeness (QED) is 0.0223. The minimum atomic E-state index is -1.23. The summed E-state index contributed by atoms with van der Waals surface area (Å²) in [6.45, 7) is 32.4. The van der Waals surface area contributed by atoms with Crippen molar-refractivity contribution in [2.75, 3.05) is 82.1 Å². The molecule has 5 N–H and O–H groups in total. The third-order valence-corrected chi connectivity index (χ3v) is 21.1. The maximum Gasteiger partial charge on any atom is 0.411 e. The van der Waals surface area contributed by atoms with Gasteiger partial charge in [-0.2, -0.15) is 0 Å². The van der Waals surface area contributed by atoms with Gasteiger partial charge in [-0.05, 0) is 139 Å². The van der Waals surface area contributed by atoms with Crippen molar-refractivity contribution in [1.82, 2.24) is 40.3 Å². The van der Waals surface area contributed by atoms with Crippen LogP contribution in [-0.4, -0.2) is 259 Å². The number of likely N-dealkylation sites (tertiary alicyclic amines) is 3. The zero-order valence-electron chi connectivity index (χ0n) is 75.1. The highest BCUT2D eigenvalue weighted by atomic mass is 35.5. The molecule has 6 heterocycles. The van der Waals surface area contributed by atoms with E-state index in [1.807, 2.05) is 0 Å². The second-order valence-electron chi connectivity index (χ2n) is 33.6. The number of carbonyl (C=O) groups is 12. The van der Waals surface area contributed by atoms with Crippen LogP contribution in [-0.2, 0) is 71.4 Å². The zero-order chi connectivity index (χ0) is 93.8. The molecule has 0 bridgehead atoms. The lowest BCUT2D eigenvalue weighted by molar-refractivity contribution is -0.150. The van der Waals surface area contributed by atoms with E-state index in [0.29, 0.717) is 93.1 Å². The number of carbonyl (C=O) groups excluding carboxylic acids is 11. The minimum absolute atomic E-state index is 0. The van der Waals surface area contributed by atoms with Gasteiger partial charge in [0.15, 0.2) is 17.1 Å². The van der Waals surface area contributed by atoms with Gasteiger partial charge < -0.3 is 92.5 Å². The number of fused-ring (bicyclic) bond motifs is 3. The van der Waals surface area contributed by atoms with Crippen molar-refractivity contribution in [1.29, 1.82) is 0 Å². The predicted molar refractivity (Wildman–Crippen MR) is 485 cm³/mol. The van der Waals surface area contributed by atoms with E-state index in [2.05, 4.69) is 45.3 Å². The van der Waals surface area contributed by atoms with Gasteiger partial charge in [-0.25, -0.2) is 58.1 Å². The molecule has 3 saturated heterocycles. The topological polar surface area (TPSA) is 462 Å². The van der Waals surface area contributed by atoms with Gasteiger partial charge in [0.05, 0.1) is 98.7 Å². The van der Waals surface area contributed by atoms with Crippen molar-refractivity contribution in [3.8, 4) is 34.5 Å². The maximum absolute atomic E-state index is 13.7. The second kappa shape index (κ2) is 45.2. The first-order valence-corrected chi connectivity index (χ1v) is 41.1. The number of hydrogen-bond donors (Lipinski definition) is 4. The summed E-state index contributed by atoms with van der Waals surface area (Å²) in [5.74, 6) is -3.51. The molecule has 0 radical (unpaired) electrons. The van der Waals surface area contributed by atoms with Crippen LogP contribution in [0.3, 0.4) is 0 Å². The summed E-state index contributed by atoms with van der Waals surface area (Å²) in [5.41, 5.74) is 1.44. The normalized spacial score (nSPS) is 22.2. The third-order valence-electron chi connectivity index (χ3n) is 21.1. The van der Waals surface area contributed by atoms with Crippen LogP contribution in [0.4, 0.5) is 14.4 Å². The van der Waals surface area contributed by atoms with Gasteiger partial charge in [-0.3, -0.25) is 29.1 Å². The van der Waals surface area contributed by atoms with Gasteiger partial charge >= 0.3 is 60.1 Å². The summed E-state index contributed by atoms with van der Waals surface area (Å²) in [5, 5.41) is 17.0. The van der Waals surface area contributed by atoms with E-state index in [1.165, 1.54) is 70.7 Å². The zero-order valence-corrected chi connectivity index (χ0v) is 75.9. The average molecular weight is 1850 g/mol. The standard InChI is InChI=1S/2C30H37N3O9.C22H26N2O8.C8H13NO2.3CH4.ClH/c2*1-8-17-15-30(17,27(36)40-9-2)32-25(34)23-13-19(16-33(23)28(37)42-29(3,4)5)41-24-14-22(26(35)39-7)31-21-12-18(38-6)10-11-20(21)24;1-22(2,3)32-21(28)24-11-13(9-17(24)19(25)26)31-18-10-16(20(27)30-5)23-15-8-12(29-4)6-7-14(15)18;1-3-6-5-8(6,9)7(10)11-4-2;;;;/h2*8,10-12,14,17,19,23H,1,9,13,15-16H2,2-7H3,(H,32,34);6-8,10,13,17H,9,11H2,1-5H3,(H,25,26);3,6H,1,4-5,9H2,2H3;3*1H4;1H/t17-,19+,23-,30-;17-,19-,23+,30-;13-,17+;;;;;/m011...../s1. The van der Waals surface area contributed by atoms with Crippen molar-refractivity contribution in [2.45, 2.75) is 214 Å². The number of nitrogens with two attached hydrogens (primary N) is 1. The largest absolute Gasteiger partial charge is 0.497 e. The monoisotopic (exact) mass is 1850 g/mol. The molecule has 2 unspecified atom stereocenters. The van der Waals surface area contributed by atoms with Crippen LogP contribution in [0.15, 0.2) is 111 Å². The molecule has 5 amide bonds. The first-order valence-electron chi connectivity index (χ1n) is 41.1. The molecule has 3 aromatic heterocycles. The smallest absolute Gasteiger partial charge is 0.411 e. The van der Waals surface area contributed by atoms with Crippen molar-refractivity contribution in [3.63, 3.8) is 0 Å². The number of nitrogens with zero attached hydrogens (tertiary/aromatic N) is 6. The van der Waals surface area contributed by atoms with Crippen LogP contribution in [0.25, 0.3) is 32.7 Å². The summed E-state index contributed by atoms with van der Waals surface area (Å²) in [6.07, 6.45) is 2.44. The number of aliphatic carboxylic acids is 1. The van der Waals surface area contributed by atoms with Gasteiger partial charge in [-0.15, -0.1) is 32.1 Å². The molecule has 12 atom stereocenters. The van der Waals surface area contributed by atoms with Gasteiger partial charge in [-0.1, -0.05) is 40.5 Å². The number of ether oxygens (including phenoxy) is 15. The average Bonchev–Trinajstić information content (AvgIpc) is 1.58. The molecule has 6 aromatic rings. The van der Waals surface area contributed by atoms with E-state index >= 15 is 0 Å². The van der Waals surface area contributed by atoms with Crippen LogP contribution in [0.2, 0.25) is 0 Å². The Kier molecular flexibility index (Phi) is 37.5. The number of rotatable bonds is 26. The summed E-state index contributed by atoms with van der Waals surface area (Å²) in [7, 11) is 8.29. The van der Waals surface area contributed by atoms with Crippen LogP contribution in [0.5, 0.6) is 34.5 Å². The van der Waals surface area contributed by atoms with E-state index in [1.54, 1.807) is 156 Å². The molecule has 37 nitrogen and oxygen atoms in total. The molecule has 6 aliphatic rings. The summed E-state index contributed by atoms with van der Waals surface area (Å²) in [4.78, 5) is 168. The molecule has 12 rings (SSSR count). The Hall–Kier alpha value is -12.8. The fourth-order valence-corrected chi connectivity index (χ4v) is 14.5. The summed E-state index contributed by atoms with van der Waals surface area (Å²) >= 11 is 0. The number of halogens is 1. The number of amides is 5. The van der Waals surface area contributed by atoms with Gasteiger partial charge in [0.25, 0.3) is 0 Å². The molecule has 38 heteroatoms. The molecule has 6 fully saturated rings. The van der Waals surface area contributed by atoms with E-state index in [-0.39, 0.29) is 128 Å². The Morgan fingerprint density at radius 3 is 0.969 bits per heavy atom. The molecule has 0 spiro atoms. The second-order valence-corrected chi connectivity index (χ2v) is 33.6. The lowest BCUT2D eigenvalue weighted by Gasteiger charge is -2.28. The van der Waals surface area contributed by atoms with Crippen LogP contribution in [0, 0.1) is 17.8 Å². The number of nitrogens with one attached hydrogen (secondary N) is 2. The Labute approximate surface area is 769 Å². The number of carboxylic acids is 1. The van der Waals surface area contributed by atoms with Gasteiger partial charge in [0, 0.05) is 89.6 Å². The molecular formula is C93H126ClN9O28. The highest BCUT2D eigenvalue weighted by Crippen LogP contribution is 2.48. The van der Waals surface area contributed by atoms with Gasteiger partial charge in [0.2, 0.25) is 11.8 Å². The molecule has 3 aromatic carbocycles. The number of aromatic nitrogens is 3. The Morgan fingerprint density at radius 1 is 0.443 bits per heavy atom. The highest BCUT2D eigenvalue weighted by molar-refractivity contribution is 5.99. The summed E-state index contributed by atoms with van der Waals surface area (Å²) in [6, 6.07) is 16.6. The maximum atomic E-state index is 13.7. The first-order chi connectivity index (χ1) is 59.9. The number of pyridine rings is 3.